The maximum absolute atomic E-state index is 10.7. The standard InChI is InChI=1S/C11H18N2O2/c1-11(2,7-10(14)15)8-13(3)9-5-4-6-12-9/h4-6,12H,7-8H2,1-3H3,(H,14,15). The average molecular weight is 210 g/mol. The maximum atomic E-state index is 10.7. The number of nitrogens with zero attached hydrogens (tertiary/aromatic N) is 1. The molecule has 0 spiro atoms. The van der Waals surface area contributed by atoms with Crippen LogP contribution in [0.15, 0.2) is 18.3 Å². The van der Waals surface area contributed by atoms with E-state index >= 15 is 0 Å². The van der Waals surface area contributed by atoms with Crippen molar-refractivity contribution in [1.29, 1.82) is 0 Å². The fourth-order valence-electron chi connectivity index (χ4n) is 1.75. The van der Waals surface area contributed by atoms with Gasteiger partial charge in [0, 0.05) is 19.8 Å². The van der Waals surface area contributed by atoms with Crippen molar-refractivity contribution < 1.29 is 9.90 Å². The van der Waals surface area contributed by atoms with Gasteiger partial charge in [-0.2, -0.15) is 0 Å². The summed E-state index contributed by atoms with van der Waals surface area (Å²) in [6.45, 7) is 4.63. The van der Waals surface area contributed by atoms with Crippen LogP contribution in [0, 0.1) is 5.41 Å². The Bertz CT molecular complexity index is 317. The second kappa shape index (κ2) is 4.38. The zero-order chi connectivity index (χ0) is 11.5. The van der Waals surface area contributed by atoms with Crippen LogP contribution in [0.1, 0.15) is 20.3 Å². The number of hydrogen-bond acceptors (Lipinski definition) is 2. The molecule has 0 unspecified atom stereocenters. The summed E-state index contributed by atoms with van der Waals surface area (Å²) in [6.07, 6.45) is 2.04. The first-order valence-electron chi connectivity index (χ1n) is 4.97. The van der Waals surface area contributed by atoms with Gasteiger partial charge in [0.05, 0.1) is 6.42 Å². The van der Waals surface area contributed by atoms with Gasteiger partial charge in [0.15, 0.2) is 0 Å². The Kier molecular flexibility index (Phi) is 3.39. The van der Waals surface area contributed by atoms with Gasteiger partial charge in [-0.1, -0.05) is 13.8 Å². The molecule has 0 radical (unpaired) electrons. The fourth-order valence-corrected chi connectivity index (χ4v) is 1.75. The summed E-state index contributed by atoms with van der Waals surface area (Å²) >= 11 is 0. The molecule has 0 saturated carbocycles. The molecule has 84 valence electrons. The molecule has 0 bridgehead atoms. The molecule has 1 aromatic rings. The summed E-state index contributed by atoms with van der Waals surface area (Å²) < 4.78 is 0. The molecule has 0 amide bonds. The number of H-pyrrole nitrogens is 1. The Balaban J connectivity index is 2.57. The van der Waals surface area contributed by atoms with Gasteiger partial charge in [-0.05, 0) is 17.5 Å². The van der Waals surface area contributed by atoms with Crippen molar-refractivity contribution in [2.24, 2.45) is 5.41 Å². The molecule has 1 aromatic heterocycles. The molecule has 0 fully saturated rings. The van der Waals surface area contributed by atoms with E-state index in [9.17, 15) is 4.79 Å². The van der Waals surface area contributed by atoms with Crippen LogP contribution in [0.25, 0.3) is 0 Å². The number of carboxylic acid groups (broad SMARTS) is 1. The third-order valence-electron chi connectivity index (χ3n) is 2.29. The van der Waals surface area contributed by atoms with Gasteiger partial charge in [0.1, 0.15) is 5.82 Å². The summed E-state index contributed by atoms with van der Waals surface area (Å²) in [6, 6.07) is 3.90. The van der Waals surface area contributed by atoms with Gasteiger partial charge >= 0.3 is 5.97 Å². The van der Waals surface area contributed by atoms with E-state index in [1.807, 2.05) is 44.1 Å². The van der Waals surface area contributed by atoms with Gasteiger partial charge in [-0.3, -0.25) is 4.79 Å². The first-order chi connectivity index (χ1) is 6.91. The predicted octanol–water partition coefficient (Wildman–Crippen LogP) is 1.95. The van der Waals surface area contributed by atoms with Gasteiger partial charge in [0.25, 0.3) is 0 Å². The number of rotatable bonds is 5. The Morgan fingerprint density at radius 2 is 2.27 bits per heavy atom. The second-order valence-corrected chi connectivity index (χ2v) is 4.65. The molecule has 1 heterocycles. The highest BCUT2D eigenvalue weighted by molar-refractivity contribution is 5.67. The zero-order valence-electron chi connectivity index (χ0n) is 9.45. The highest BCUT2D eigenvalue weighted by atomic mass is 16.4. The smallest absolute Gasteiger partial charge is 0.303 e. The number of aromatic amines is 1. The Morgan fingerprint density at radius 1 is 1.60 bits per heavy atom. The number of carboxylic acids is 1. The second-order valence-electron chi connectivity index (χ2n) is 4.65. The monoisotopic (exact) mass is 210 g/mol. The van der Waals surface area contributed by atoms with Crippen molar-refractivity contribution in [1.82, 2.24) is 4.98 Å². The third kappa shape index (κ3) is 3.65. The molecule has 0 aliphatic rings. The summed E-state index contributed by atoms with van der Waals surface area (Å²) in [5, 5.41) is 8.77. The summed E-state index contributed by atoms with van der Waals surface area (Å²) in [5.41, 5.74) is -0.230. The Hall–Kier alpha value is -1.45. The molecule has 2 N–H and O–H groups in total. The van der Waals surface area contributed by atoms with E-state index in [2.05, 4.69) is 4.98 Å². The van der Waals surface area contributed by atoms with Crippen molar-refractivity contribution in [3.8, 4) is 0 Å². The molecule has 4 heteroatoms. The number of nitrogens with one attached hydrogen (secondary N) is 1. The Labute approximate surface area is 89.9 Å². The van der Waals surface area contributed by atoms with Crippen molar-refractivity contribution in [3.05, 3.63) is 18.3 Å². The highest BCUT2D eigenvalue weighted by Crippen LogP contribution is 2.23. The summed E-state index contributed by atoms with van der Waals surface area (Å²) in [7, 11) is 1.95. The molecule has 4 nitrogen and oxygen atoms in total. The number of hydrogen-bond donors (Lipinski definition) is 2. The van der Waals surface area contributed by atoms with Crippen LogP contribution in [0.3, 0.4) is 0 Å². The summed E-state index contributed by atoms with van der Waals surface area (Å²) in [4.78, 5) is 15.8. The number of anilines is 1. The van der Waals surface area contributed by atoms with Crippen LogP contribution in [-0.4, -0.2) is 29.7 Å². The van der Waals surface area contributed by atoms with Crippen LogP contribution in [-0.2, 0) is 4.79 Å². The minimum Gasteiger partial charge on any atom is -0.481 e. The molecule has 0 atom stereocenters. The number of aromatic nitrogens is 1. The van der Waals surface area contributed by atoms with Gasteiger partial charge < -0.3 is 15.0 Å². The lowest BCUT2D eigenvalue weighted by atomic mass is 9.89. The van der Waals surface area contributed by atoms with Crippen LogP contribution in [0.2, 0.25) is 0 Å². The van der Waals surface area contributed by atoms with E-state index in [1.165, 1.54) is 0 Å². The SMILES string of the molecule is CN(CC(C)(C)CC(=O)O)c1ccc[nH]1. The molecule has 0 aromatic carbocycles. The number of aliphatic carboxylic acids is 1. The van der Waals surface area contributed by atoms with E-state index in [0.717, 1.165) is 5.82 Å². The minimum atomic E-state index is -0.750. The molecule has 0 aliphatic carbocycles. The normalized spacial score (nSPS) is 11.4. The maximum Gasteiger partial charge on any atom is 0.303 e. The van der Waals surface area contributed by atoms with Crippen LogP contribution in [0.5, 0.6) is 0 Å². The van der Waals surface area contributed by atoms with E-state index in [4.69, 9.17) is 5.11 Å². The fraction of sp³-hybridized carbons (Fsp3) is 0.545. The van der Waals surface area contributed by atoms with Gasteiger partial charge in [-0.25, -0.2) is 0 Å². The molecule has 15 heavy (non-hydrogen) atoms. The van der Waals surface area contributed by atoms with E-state index in [0.29, 0.717) is 6.54 Å². The van der Waals surface area contributed by atoms with Crippen LogP contribution in [0.4, 0.5) is 5.82 Å². The quantitative estimate of drug-likeness (QED) is 0.781. The van der Waals surface area contributed by atoms with Gasteiger partial charge in [0.2, 0.25) is 0 Å². The van der Waals surface area contributed by atoms with E-state index < -0.39 is 5.97 Å². The minimum absolute atomic E-state index is 0.179. The lowest BCUT2D eigenvalue weighted by Crippen LogP contribution is -2.33. The first-order valence-corrected chi connectivity index (χ1v) is 4.97. The molecule has 1 rings (SSSR count). The summed E-state index contributed by atoms with van der Waals surface area (Å²) in [5.74, 6) is 0.258. The van der Waals surface area contributed by atoms with E-state index in [1.54, 1.807) is 0 Å². The van der Waals surface area contributed by atoms with Crippen LogP contribution >= 0.6 is 0 Å². The van der Waals surface area contributed by atoms with Gasteiger partial charge in [-0.15, -0.1) is 0 Å². The zero-order valence-corrected chi connectivity index (χ0v) is 9.45. The highest BCUT2D eigenvalue weighted by Gasteiger charge is 2.23. The van der Waals surface area contributed by atoms with Crippen LogP contribution < -0.4 is 4.90 Å². The topological polar surface area (TPSA) is 56.3 Å². The van der Waals surface area contributed by atoms with E-state index in [-0.39, 0.29) is 11.8 Å². The lowest BCUT2D eigenvalue weighted by Gasteiger charge is -2.29. The number of carbonyl (C=O) groups is 1. The Morgan fingerprint density at radius 3 is 2.73 bits per heavy atom. The molecular formula is C11H18N2O2. The third-order valence-corrected chi connectivity index (χ3v) is 2.29. The predicted molar refractivity (Wildman–Crippen MR) is 60.1 cm³/mol. The van der Waals surface area contributed by atoms with Crippen molar-refractivity contribution in [2.75, 3.05) is 18.5 Å². The van der Waals surface area contributed by atoms with Crippen molar-refractivity contribution >= 4 is 11.8 Å². The lowest BCUT2D eigenvalue weighted by molar-refractivity contribution is -0.139. The van der Waals surface area contributed by atoms with Crippen molar-refractivity contribution in [2.45, 2.75) is 20.3 Å². The molecule has 0 aliphatic heterocycles. The first kappa shape index (κ1) is 11.6. The largest absolute Gasteiger partial charge is 0.481 e. The average Bonchev–Trinajstić information content (AvgIpc) is 2.50. The molecule has 0 saturated heterocycles. The van der Waals surface area contributed by atoms with Crippen molar-refractivity contribution in [3.63, 3.8) is 0 Å². The molecular weight excluding hydrogens is 192 g/mol.